The number of amides is 1. The highest BCUT2D eigenvalue weighted by molar-refractivity contribution is 6.12. The van der Waals surface area contributed by atoms with Crippen LogP contribution in [0.2, 0.25) is 0 Å². The van der Waals surface area contributed by atoms with E-state index < -0.39 is 0 Å². The summed E-state index contributed by atoms with van der Waals surface area (Å²) in [6, 6.07) is 9.76. The van der Waals surface area contributed by atoms with Crippen molar-refractivity contribution in [2.24, 2.45) is 4.99 Å². The molecule has 1 aromatic carbocycles. The zero-order chi connectivity index (χ0) is 22.1. The summed E-state index contributed by atoms with van der Waals surface area (Å²) in [5, 5.41) is 4.12. The molecule has 1 amide bonds. The predicted molar refractivity (Wildman–Crippen MR) is 130 cm³/mol. The van der Waals surface area contributed by atoms with E-state index in [1.165, 1.54) is 16.7 Å². The predicted octanol–water partition coefficient (Wildman–Crippen LogP) is 5.77. The van der Waals surface area contributed by atoms with Crippen LogP contribution in [-0.2, 0) is 0 Å². The lowest BCUT2D eigenvalue weighted by molar-refractivity contribution is 0.0945. The van der Waals surface area contributed by atoms with Crippen molar-refractivity contribution in [1.82, 2.24) is 15.3 Å². The first-order chi connectivity index (χ1) is 15.7. The van der Waals surface area contributed by atoms with Gasteiger partial charge in [0.1, 0.15) is 5.65 Å². The van der Waals surface area contributed by atoms with E-state index in [2.05, 4.69) is 63.3 Å². The average Bonchev–Trinajstić information content (AvgIpc) is 3.43. The van der Waals surface area contributed by atoms with E-state index in [0.717, 1.165) is 34.9 Å². The molecule has 5 rings (SSSR count). The summed E-state index contributed by atoms with van der Waals surface area (Å²) >= 11 is 0. The van der Waals surface area contributed by atoms with Crippen molar-refractivity contribution >= 4 is 34.3 Å². The van der Waals surface area contributed by atoms with Gasteiger partial charge in [-0.1, -0.05) is 43.0 Å². The van der Waals surface area contributed by atoms with Gasteiger partial charge in [-0.05, 0) is 65.3 Å². The Morgan fingerprint density at radius 2 is 2.19 bits per heavy atom. The topological polar surface area (TPSA) is 70.1 Å². The fourth-order valence-corrected chi connectivity index (χ4v) is 4.73. The number of hydrogen-bond donors (Lipinski definition) is 2. The summed E-state index contributed by atoms with van der Waals surface area (Å²) in [5.41, 5.74) is 8.31. The second-order valence-corrected chi connectivity index (χ2v) is 7.85. The van der Waals surface area contributed by atoms with E-state index >= 15 is 0 Å². The molecule has 32 heavy (non-hydrogen) atoms. The van der Waals surface area contributed by atoms with E-state index in [4.69, 9.17) is 0 Å². The Kier molecular flexibility index (Phi) is 5.15. The minimum absolute atomic E-state index is 0.106. The van der Waals surface area contributed by atoms with Crippen LogP contribution in [0.3, 0.4) is 0 Å². The number of rotatable bonds is 5. The fraction of sp³-hybridized carbons (Fsp3) is 0.148. The van der Waals surface area contributed by atoms with Crippen LogP contribution in [0.15, 0.2) is 84.3 Å². The molecule has 158 valence electrons. The van der Waals surface area contributed by atoms with Gasteiger partial charge in [-0.3, -0.25) is 9.79 Å². The summed E-state index contributed by atoms with van der Waals surface area (Å²) in [4.78, 5) is 25.0. The standard InChI is InChI=1S/C27H24N4O/c1-3-17(16-28-4-2)18-10-7-11-23-24(18)19-8-5-6-9-20(19)25(23)31-27(32)22-13-15-30-26-21(22)12-14-29-26/h3-4,6-7,9-16,25H,2,5,8H2,1H3,(H,29,30)(H,31,32)/b17-3+,28-16-. The number of aromatic amines is 1. The molecule has 5 heteroatoms. The third-order valence-corrected chi connectivity index (χ3v) is 6.15. The molecule has 3 aromatic rings. The van der Waals surface area contributed by atoms with E-state index in [1.54, 1.807) is 24.7 Å². The fourth-order valence-electron chi connectivity index (χ4n) is 4.73. The van der Waals surface area contributed by atoms with Gasteiger partial charge in [0.05, 0.1) is 11.6 Å². The van der Waals surface area contributed by atoms with Crippen LogP contribution in [0.25, 0.3) is 22.2 Å². The first kappa shape index (κ1) is 19.9. The number of fused-ring (bicyclic) bond motifs is 3. The first-order valence-corrected chi connectivity index (χ1v) is 10.8. The second-order valence-electron chi connectivity index (χ2n) is 7.85. The number of H-pyrrole nitrogens is 1. The molecule has 0 saturated heterocycles. The molecule has 2 heterocycles. The minimum atomic E-state index is -0.194. The number of hydrogen-bond acceptors (Lipinski definition) is 3. The van der Waals surface area contributed by atoms with Crippen LogP contribution in [0, 0.1) is 0 Å². The van der Waals surface area contributed by atoms with E-state index in [9.17, 15) is 4.79 Å². The smallest absolute Gasteiger partial charge is 0.252 e. The highest BCUT2D eigenvalue weighted by Crippen LogP contribution is 2.47. The van der Waals surface area contributed by atoms with Crippen LogP contribution >= 0.6 is 0 Å². The number of nitrogens with zero attached hydrogens (tertiary/aromatic N) is 2. The van der Waals surface area contributed by atoms with Crippen molar-refractivity contribution in [1.29, 1.82) is 0 Å². The maximum atomic E-state index is 13.4. The van der Waals surface area contributed by atoms with Crippen molar-refractivity contribution in [2.75, 3.05) is 0 Å². The molecule has 5 nitrogen and oxygen atoms in total. The first-order valence-electron chi connectivity index (χ1n) is 10.8. The number of carbonyl (C=O) groups is 1. The molecule has 2 aromatic heterocycles. The highest BCUT2D eigenvalue weighted by atomic mass is 16.1. The Bertz CT molecular complexity index is 1350. The monoisotopic (exact) mass is 420 g/mol. The number of pyridine rings is 1. The van der Waals surface area contributed by atoms with E-state index in [1.807, 2.05) is 19.2 Å². The third kappa shape index (κ3) is 3.23. The van der Waals surface area contributed by atoms with Gasteiger partial charge in [-0.2, -0.15) is 0 Å². The van der Waals surface area contributed by atoms with Gasteiger partial charge in [-0.25, -0.2) is 4.98 Å². The van der Waals surface area contributed by atoms with Crippen molar-refractivity contribution in [2.45, 2.75) is 25.8 Å². The summed E-state index contributed by atoms with van der Waals surface area (Å²) in [6.07, 6.45) is 15.2. The molecule has 0 bridgehead atoms. The Morgan fingerprint density at radius 3 is 3.03 bits per heavy atom. The number of nitrogens with one attached hydrogen (secondary N) is 2. The van der Waals surface area contributed by atoms with Crippen molar-refractivity contribution in [3.63, 3.8) is 0 Å². The number of aliphatic imine (C=N–C) groups is 1. The maximum Gasteiger partial charge on any atom is 0.252 e. The molecule has 0 aliphatic heterocycles. The quantitative estimate of drug-likeness (QED) is 0.515. The van der Waals surface area contributed by atoms with Crippen molar-refractivity contribution in [3.05, 3.63) is 102 Å². The molecule has 2 aliphatic rings. The maximum absolute atomic E-state index is 13.4. The zero-order valence-corrected chi connectivity index (χ0v) is 17.9. The normalized spacial score (nSPS) is 17.7. The number of carbonyl (C=O) groups excluding carboxylic acids is 1. The Hall–Kier alpha value is -3.99. The lowest BCUT2D eigenvalue weighted by Gasteiger charge is -2.18. The molecule has 2 N–H and O–H groups in total. The summed E-state index contributed by atoms with van der Waals surface area (Å²) < 4.78 is 0. The molecule has 1 atom stereocenters. The molecule has 2 aliphatic carbocycles. The van der Waals surface area contributed by atoms with E-state index in [-0.39, 0.29) is 11.9 Å². The molecule has 0 fully saturated rings. The molecule has 0 radical (unpaired) electrons. The van der Waals surface area contributed by atoms with Gasteiger partial charge in [0.25, 0.3) is 5.91 Å². The van der Waals surface area contributed by atoms with Crippen LogP contribution in [0.1, 0.15) is 52.9 Å². The van der Waals surface area contributed by atoms with Crippen molar-refractivity contribution < 1.29 is 4.79 Å². The number of aromatic nitrogens is 2. The Balaban J connectivity index is 1.59. The highest BCUT2D eigenvalue weighted by Gasteiger charge is 2.34. The van der Waals surface area contributed by atoms with Crippen LogP contribution < -0.4 is 5.32 Å². The average molecular weight is 421 g/mol. The second kappa shape index (κ2) is 8.27. The molecule has 0 saturated carbocycles. The van der Waals surface area contributed by atoms with Crippen molar-refractivity contribution in [3.8, 4) is 0 Å². The molecule has 0 spiro atoms. The van der Waals surface area contributed by atoms with Crippen LogP contribution in [-0.4, -0.2) is 22.1 Å². The van der Waals surface area contributed by atoms with Crippen LogP contribution in [0.5, 0.6) is 0 Å². The summed E-state index contributed by atoms with van der Waals surface area (Å²) in [6.45, 7) is 5.71. The SMILES string of the molecule is C=C/N=C\C(=C/C)c1cccc2c1C1=C(C=CCC1)C2NC(=O)c1ccnc2[nH]ccc12. The molecular weight excluding hydrogens is 396 g/mol. The van der Waals surface area contributed by atoms with Gasteiger partial charge in [0.2, 0.25) is 0 Å². The molecular formula is C27H24N4O. The Morgan fingerprint density at radius 1 is 1.28 bits per heavy atom. The van der Waals surface area contributed by atoms with Gasteiger partial charge >= 0.3 is 0 Å². The third-order valence-electron chi connectivity index (χ3n) is 6.15. The molecule has 1 unspecified atom stereocenters. The largest absolute Gasteiger partial charge is 0.346 e. The van der Waals surface area contributed by atoms with Gasteiger partial charge in [0, 0.05) is 30.2 Å². The van der Waals surface area contributed by atoms with E-state index in [0.29, 0.717) is 11.2 Å². The van der Waals surface area contributed by atoms with Gasteiger partial charge < -0.3 is 10.3 Å². The minimum Gasteiger partial charge on any atom is -0.346 e. The lowest BCUT2D eigenvalue weighted by atomic mass is 9.90. The number of benzene rings is 1. The van der Waals surface area contributed by atoms with Gasteiger partial charge in [0.15, 0.2) is 0 Å². The lowest BCUT2D eigenvalue weighted by Crippen LogP contribution is -2.28. The number of allylic oxidation sites excluding steroid dienone is 4. The van der Waals surface area contributed by atoms with Gasteiger partial charge in [-0.15, -0.1) is 0 Å². The summed E-state index contributed by atoms with van der Waals surface area (Å²) in [7, 11) is 0. The summed E-state index contributed by atoms with van der Waals surface area (Å²) in [5.74, 6) is -0.106. The Labute approximate surface area is 187 Å². The van der Waals surface area contributed by atoms with Crippen LogP contribution in [0.4, 0.5) is 0 Å². The zero-order valence-electron chi connectivity index (χ0n) is 17.9.